The van der Waals surface area contributed by atoms with E-state index in [0.717, 1.165) is 17.6 Å². The maximum atomic E-state index is 12.7. The van der Waals surface area contributed by atoms with Crippen molar-refractivity contribution in [2.24, 2.45) is 5.92 Å². The maximum absolute atomic E-state index is 12.7. The predicted octanol–water partition coefficient (Wildman–Crippen LogP) is 2.09. The summed E-state index contributed by atoms with van der Waals surface area (Å²) < 4.78 is 0. The molecule has 1 aromatic rings. The monoisotopic (exact) mass is 358 g/mol. The van der Waals surface area contributed by atoms with Crippen molar-refractivity contribution in [2.45, 2.75) is 39.2 Å². The van der Waals surface area contributed by atoms with Crippen molar-refractivity contribution in [3.63, 3.8) is 0 Å². The molecule has 2 N–H and O–H groups in total. The summed E-state index contributed by atoms with van der Waals surface area (Å²) in [6.45, 7) is 4.02. The number of nitrogens with zero attached hydrogens (tertiary/aromatic N) is 1. The average Bonchev–Trinajstić information content (AvgIpc) is 2.66. The van der Waals surface area contributed by atoms with Crippen LogP contribution in [0.5, 0.6) is 0 Å². The van der Waals surface area contributed by atoms with E-state index >= 15 is 0 Å². The van der Waals surface area contributed by atoms with Crippen LogP contribution in [0.2, 0.25) is 0 Å². The number of allylic oxidation sites excluding steroid dienone is 1. The zero-order valence-electron chi connectivity index (χ0n) is 15.5. The van der Waals surface area contributed by atoms with Crippen molar-refractivity contribution in [3.05, 3.63) is 41.5 Å². The quantitative estimate of drug-likeness (QED) is 0.789. The molecular formula is C20H26N2O4. The van der Waals surface area contributed by atoms with E-state index in [1.165, 1.54) is 16.5 Å². The molecular weight excluding hydrogens is 332 g/mol. The van der Waals surface area contributed by atoms with Gasteiger partial charge in [-0.15, -0.1) is 0 Å². The van der Waals surface area contributed by atoms with Gasteiger partial charge in [0.05, 0.1) is 5.92 Å². The number of carbonyl (C=O) groups excluding carboxylic acids is 2. The minimum absolute atomic E-state index is 0.119. The van der Waals surface area contributed by atoms with Gasteiger partial charge in [0, 0.05) is 19.7 Å². The number of carboxylic acid groups (broad SMARTS) is 1. The lowest BCUT2D eigenvalue weighted by atomic mass is 9.91. The Hall–Kier alpha value is -2.63. The predicted molar refractivity (Wildman–Crippen MR) is 99.4 cm³/mol. The fraction of sp³-hybridized carbons (Fsp3) is 0.450. The van der Waals surface area contributed by atoms with Gasteiger partial charge in [-0.1, -0.05) is 31.2 Å². The van der Waals surface area contributed by atoms with Crippen LogP contribution in [-0.4, -0.2) is 47.4 Å². The van der Waals surface area contributed by atoms with Crippen molar-refractivity contribution in [2.75, 3.05) is 13.6 Å². The van der Waals surface area contributed by atoms with E-state index < -0.39 is 12.0 Å². The average molecular weight is 358 g/mol. The Bertz CT molecular complexity index is 709. The molecule has 2 rings (SSSR count). The highest BCUT2D eigenvalue weighted by Gasteiger charge is 2.37. The van der Waals surface area contributed by atoms with E-state index in [1.54, 1.807) is 7.05 Å². The van der Waals surface area contributed by atoms with Crippen LogP contribution >= 0.6 is 0 Å². The molecule has 1 aliphatic rings. The van der Waals surface area contributed by atoms with Gasteiger partial charge in [0.1, 0.15) is 6.04 Å². The molecule has 26 heavy (non-hydrogen) atoms. The maximum Gasteiger partial charge on any atom is 0.326 e. The number of hydrogen-bond donors (Lipinski definition) is 2. The first-order valence-corrected chi connectivity index (χ1v) is 8.90. The van der Waals surface area contributed by atoms with E-state index in [9.17, 15) is 19.5 Å². The van der Waals surface area contributed by atoms with Gasteiger partial charge in [-0.05, 0) is 42.9 Å². The molecule has 1 saturated heterocycles. The number of carboxylic acids is 1. The Morgan fingerprint density at radius 1 is 1.23 bits per heavy atom. The van der Waals surface area contributed by atoms with Crippen LogP contribution in [-0.2, 0) is 20.8 Å². The van der Waals surface area contributed by atoms with Gasteiger partial charge >= 0.3 is 5.97 Å². The summed E-state index contributed by atoms with van der Waals surface area (Å²) in [6, 6.07) is 7.04. The summed E-state index contributed by atoms with van der Waals surface area (Å²) in [4.78, 5) is 37.5. The number of nitrogens with one attached hydrogen (secondary N) is 1. The van der Waals surface area contributed by atoms with Crippen LogP contribution in [0.1, 0.15) is 37.8 Å². The van der Waals surface area contributed by atoms with E-state index in [-0.39, 0.29) is 30.7 Å². The van der Waals surface area contributed by atoms with Crippen LogP contribution in [0.4, 0.5) is 0 Å². The van der Waals surface area contributed by atoms with Crippen molar-refractivity contribution < 1.29 is 19.5 Å². The number of carbonyl (C=O) groups is 3. The fourth-order valence-corrected chi connectivity index (χ4v) is 3.24. The normalized spacial score (nSPS) is 20.6. The lowest BCUT2D eigenvalue weighted by molar-refractivity contribution is -0.152. The Kier molecular flexibility index (Phi) is 6.55. The molecule has 1 heterocycles. The standard InChI is InChI=1S/C20H26N2O4/c1-4-14-5-7-15(8-6-14)13(2)11-18(23)22-12-16(19(24)21-3)9-10-17(22)20(25)26/h5-8,11,16-17H,4,9-10,12H2,1-3H3,(H,21,24)(H,25,26)/t16-,17-/m0/s1. The number of aliphatic carboxylic acids is 1. The van der Waals surface area contributed by atoms with Gasteiger partial charge in [-0.3, -0.25) is 9.59 Å². The molecule has 0 bridgehead atoms. The molecule has 1 aliphatic heterocycles. The molecule has 0 saturated carbocycles. The lowest BCUT2D eigenvalue weighted by Gasteiger charge is -2.36. The smallest absolute Gasteiger partial charge is 0.326 e. The highest BCUT2D eigenvalue weighted by Crippen LogP contribution is 2.24. The molecule has 0 aromatic heterocycles. The first-order valence-electron chi connectivity index (χ1n) is 8.90. The van der Waals surface area contributed by atoms with Gasteiger partial charge < -0.3 is 15.3 Å². The highest BCUT2D eigenvalue weighted by molar-refractivity contribution is 5.97. The lowest BCUT2D eigenvalue weighted by Crippen LogP contribution is -2.52. The Morgan fingerprint density at radius 3 is 2.42 bits per heavy atom. The third-order valence-corrected chi connectivity index (χ3v) is 4.92. The van der Waals surface area contributed by atoms with Crippen LogP contribution in [0.25, 0.3) is 5.57 Å². The van der Waals surface area contributed by atoms with Gasteiger partial charge in [-0.25, -0.2) is 4.79 Å². The van der Waals surface area contributed by atoms with E-state index in [2.05, 4.69) is 12.2 Å². The number of aryl methyl sites for hydroxylation is 1. The third kappa shape index (κ3) is 4.50. The summed E-state index contributed by atoms with van der Waals surface area (Å²) in [7, 11) is 1.54. The Labute approximate surface area is 153 Å². The Balaban J connectivity index is 2.21. The number of hydrogen-bond acceptors (Lipinski definition) is 3. The van der Waals surface area contributed by atoms with Crippen molar-refractivity contribution >= 4 is 23.4 Å². The van der Waals surface area contributed by atoms with E-state index in [0.29, 0.717) is 6.42 Å². The largest absolute Gasteiger partial charge is 0.480 e. The number of benzene rings is 1. The summed E-state index contributed by atoms with van der Waals surface area (Å²) in [5.74, 6) is -1.95. The molecule has 0 spiro atoms. The molecule has 140 valence electrons. The second-order valence-corrected chi connectivity index (χ2v) is 6.61. The number of amides is 2. The van der Waals surface area contributed by atoms with Crippen LogP contribution in [0.15, 0.2) is 30.3 Å². The third-order valence-electron chi connectivity index (χ3n) is 4.92. The Morgan fingerprint density at radius 2 is 1.88 bits per heavy atom. The van der Waals surface area contributed by atoms with E-state index in [1.807, 2.05) is 31.2 Å². The SMILES string of the molecule is CCc1ccc(C(C)=CC(=O)N2C[C@@H](C(=O)NC)CC[C@H]2C(=O)O)cc1. The molecule has 2 atom stereocenters. The number of rotatable bonds is 5. The molecule has 1 aromatic carbocycles. The van der Waals surface area contributed by atoms with Gasteiger partial charge in [0.25, 0.3) is 0 Å². The summed E-state index contributed by atoms with van der Waals surface area (Å²) in [5, 5.41) is 12.0. The molecule has 2 amide bonds. The molecule has 1 fully saturated rings. The number of piperidine rings is 1. The van der Waals surface area contributed by atoms with Gasteiger partial charge in [0.15, 0.2) is 0 Å². The van der Waals surface area contributed by atoms with Crippen molar-refractivity contribution in [1.29, 1.82) is 0 Å². The summed E-state index contributed by atoms with van der Waals surface area (Å²) >= 11 is 0. The zero-order valence-corrected chi connectivity index (χ0v) is 15.5. The van der Waals surface area contributed by atoms with Crippen molar-refractivity contribution in [1.82, 2.24) is 10.2 Å². The minimum atomic E-state index is -1.04. The van der Waals surface area contributed by atoms with Crippen LogP contribution in [0.3, 0.4) is 0 Å². The van der Waals surface area contributed by atoms with E-state index in [4.69, 9.17) is 0 Å². The fourth-order valence-electron chi connectivity index (χ4n) is 3.24. The summed E-state index contributed by atoms with van der Waals surface area (Å²) in [5.41, 5.74) is 2.90. The molecule has 0 aliphatic carbocycles. The minimum Gasteiger partial charge on any atom is -0.480 e. The molecule has 0 radical (unpaired) electrons. The van der Waals surface area contributed by atoms with Gasteiger partial charge in [0.2, 0.25) is 11.8 Å². The molecule has 6 heteroatoms. The first-order chi connectivity index (χ1) is 12.4. The molecule has 6 nitrogen and oxygen atoms in total. The van der Waals surface area contributed by atoms with Gasteiger partial charge in [-0.2, -0.15) is 0 Å². The summed E-state index contributed by atoms with van der Waals surface area (Å²) in [6.07, 6.45) is 3.14. The zero-order chi connectivity index (χ0) is 19.3. The second kappa shape index (κ2) is 8.65. The first kappa shape index (κ1) is 19.7. The second-order valence-electron chi connectivity index (χ2n) is 6.61. The topological polar surface area (TPSA) is 86.7 Å². The molecule has 0 unspecified atom stereocenters. The van der Waals surface area contributed by atoms with Crippen molar-refractivity contribution in [3.8, 4) is 0 Å². The number of likely N-dealkylation sites (tertiary alicyclic amines) is 1. The van der Waals surface area contributed by atoms with Crippen LogP contribution in [0, 0.1) is 5.92 Å². The van der Waals surface area contributed by atoms with Crippen LogP contribution < -0.4 is 5.32 Å². The highest BCUT2D eigenvalue weighted by atomic mass is 16.4.